The summed E-state index contributed by atoms with van der Waals surface area (Å²) in [7, 11) is 1.15. The van der Waals surface area contributed by atoms with Gasteiger partial charge in [-0.3, -0.25) is 4.79 Å². The van der Waals surface area contributed by atoms with Crippen LogP contribution in [0.15, 0.2) is 12.2 Å². The van der Waals surface area contributed by atoms with Gasteiger partial charge in [0.1, 0.15) is 0 Å². The molecular formula is C13H18O7. The molecule has 0 spiro atoms. The zero-order chi connectivity index (χ0) is 15.8. The molecule has 0 atom stereocenters. The van der Waals surface area contributed by atoms with Crippen LogP contribution in [-0.4, -0.2) is 37.6 Å². The van der Waals surface area contributed by atoms with Crippen molar-refractivity contribution in [2.24, 2.45) is 5.41 Å². The first-order valence-electron chi connectivity index (χ1n) is 5.80. The summed E-state index contributed by atoms with van der Waals surface area (Å²) in [5.74, 6) is -3.32. The van der Waals surface area contributed by atoms with Gasteiger partial charge in [0.2, 0.25) is 0 Å². The number of hydrogen-bond donors (Lipinski definition) is 0. The van der Waals surface area contributed by atoms with Crippen LogP contribution >= 0.6 is 0 Å². The molecule has 7 heteroatoms. The van der Waals surface area contributed by atoms with Crippen LogP contribution in [0, 0.1) is 5.41 Å². The van der Waals surface area contributed by atoms with Gasteiger partial charge in [0.25, 0.3) is 0 Å². The summed E-state index contributed by atoms with van der Waals surface area (Å²) < 4.78 is 13.2. The molecule has 20 heavy (non-hydrogen) atoms. The first-order valence-corrected chi connectivity index (χ1v) is 5.80. The summed E-state index contributed by atoms with van der Waals surface area (Å²) in [6, 6.07) is 0. The molecule has 0 fully saturated rings. The van der Waals surface area contributed by atoms with Crippen LogP contribution in [0.1, 0.15) is 27.2 Å². The molecule has 112 valence electrons. The third-order valence-electron chi connectivity index (χ3n) is 1.79. The normalized spacial score (nSPS) is 11.0. The maximum atomic E-state index is 11.3. The van der Waals surface area contributed by atoms with Gasteiger partial charge in [-0.05, 0) is 5.41 Å². The van der Waals surface area contributed by atoms with Crippen molar-refractivity contribution < 1.29 is 33.4 Å². The van der Waals surface area contributed by atoms with E-state index < -0.39 is 30.5 Å². The average Bonchev–Trinajstić information content (AvgIpc) is 2.30. The SMILES string of the molecule is COC(=O)/C=C/C(=O)OCC(=O)OC(=O)CC(C)(C)C. The second-order valence-corrected chi connectivity index (χ2v) is 5.05. The lowest BCUT2D eigenvalue weighted by Gasteiger charge is -2.15. The summed E-state index contributed by atoms with van der Waals surface area (Å²) in [5, 5.41) is 0. The molecule has 0 saturated carbocycles. The molecule has 0 aliphatic rings. The van der Waals surface area contributed by atoms with E-state index in [-0.39, 0.29) is 11.8 Å². The van der Waals surface area contributed by atoms with Crippen molar-refractivity contribution in [1.29, 1.82) is 0 Å². The van der Waals surface area contributed by atoms with Gasteiger partial charge < -0.3 is 14.2 Å². The highest BCUT2D eigenvalue weighted by atomic mass is 16.6. The average molecular weight is 286 g/mol. The molecule has 0 aromatic heterocycles. The van der Waals surface area contributed by atoms with Gasteiger partial charge in [-0.2, -0.15) is 0 Å². The van der Waals surface area contributed by atoms with Crippen molar-refractivity contribution >= 4 is 23.9 Å². The van der Waals surface area contributed by atoms with Crippen molar-refractivity contribution in [2.45, 2.75) is 27.2 Å². The maximum absolute atomic E-state index is 11.3. The van der Waals surface area contributed by atoms with Crippen molar-refractivity contribution in [1.82, 2.24) is 0 Å². The highest BCUT2D eigenvalue weighted by molar-refractivity contribution is 5.93. The van der Waals surface area contributed by atoms with E-state index in [1.807, 2.05) is 20.8 Å². The van der Waals surface area contributed by atoms with E-state index in [4.69, 9.17) is 0 Å². The first kappa shape index (κ1) is 17.8. The van der Waals surface area contributed by atoms with Crippen molar-refractivity contribution in [3.05, 3.63) is 12.2 Å². The van der Waals surface area contributed by atoms with Crippen LogP contribution in [0.3, 0.4) is 0 Å². The molecule has 0 aromatic rings. The van der Waals surface area contributed by atoms with Gasteiger partial charge in [-0.1, -0.05) is 20.8 Å². The van der Waals surface area contributed by atoms with Crippen LogP contribution in [0.4, 0.5) is 0 Å². The predicted octanol–water partition coefficient (Wildman–Crippen LogP) is 0.765. The van der Waals surface area contributed by atoms with Crippen LogP contribution in [0.25, 0.3) is 0 Å². The lowest BCUT2D eigenvalue weighted by molar-refractivity contribution is -0.166. The molecule has 0 N–H and O–H groups in total. The zero-order valence-electron chi connectivity index (χ0n) is 11.9. The fourth-order valence-electron chi connectivity index (χ4n) is 1.01. The minimum Gasteiger partial charge on any atom is -0.466 e. The third-order valence-corrected chi connectivity index (χ3v) is 1.79. The molecule has 0 aliphatic heterocycles. The van der Waals surface area contributed by atoms with Crippen LogP contribution in [0.5, 0.6) is 0 Å². The van der Waals surface area contributed by atoms with Gasteiger partial charge in [-0.15, -0.1) is 0 Å². The Morgan fingerprint density at radius 1 is 0.950 bits per heavy atom. The largest absolute Gasteiger partial charge is 0.466 e. The van der Waals surface area contributed by atoms with Gasteiger partial charge in [0, 0.05) is 12.2 Å². The Bertz CT molecular complexity index is 415. The van der Waals surface area contributed by atoms with Crippen molar-refractivity contribution in [3.63, 3.8) is 0 Å². The molecule has 0 aromatic carbocycles. The van der Waals surface area contributed by atoms with Gasteiger partial charge in [0.05, 0.1) is 13.5 Å². The third kappa shape index (κ3) is 9.81. The van der Waals surface area contributed by atoms with E-state index in [0.29, 0.717) is 0 Å². The number of carbonyl (C=O) groups is 4. The second kappa shape index (κ2) is 8.08. The maximum Gasteiger partial charge on any atom is 0.351 e. The fourth-order valence-corrected chi connectivity index (χ4v) is 1.01. The Labute approximate surface area is 116 Å². The van der Waals surface area contributed by atoms with E-state index in [9.17, 15) is 19.2 Å². The molecule has 0 aliphatic carbocycles. The predicted molar refractivity (Wildman–Crippen MR) is 67.3 cm³/mol. The number of rotatable bonds is 5. The smallest absolute Gasteiger partial charge is 0.351 e. The Morgan fingerprint density at radius 2 is 1.50 bits per heavy atom. The second-order valence-electron chi connectivity index (χ2n) is 5.05. The van der Waals surface area contributed by atoms with Crippen molar-refractivity contribution in [2.75, 3.05) is 13.7 Å². The lowest BCUT2D eigenvalue weighted by Crippen LogP contribution is -2.22. The van der Waals surface area contributed by atoms with Gasteiger partial charge in [-0.25, -0.2) is 14.4 Å². The molecule has 0 radical (unpaired) electrons. The number of ether oxygens (including phenoxy) is 3. The summed E-state index contributed by atoms with van der Waals surface area (Å²) in [6.45, 7) is 4.74. The molecule has 0 amide bonds. The van der Waals surface area contributed by atoms with Crippen LogP contribution in [0.2, 0.25) is 0 Å². The number of methoxy groups -OCH3 is 1. The van der Waals surface area contributed by atoms with Crippen LogP contribution in [-0.2, 0) is 33.4 Å². The summed E-state index contributed by atoms with van der Waals surface area (Å²) in [4.78, 5) is 44.3. The monoisotopic (exact) mass is 286 g/mol. The van der Waals surface area contributed by atoms with Crippen LogP contribution < -0.4 is 0 Å². The van der Waals surface area contributed by atoms with E-state index in [1.54, 1.807) is 0 Å². The Balaban J connectivity index is 4.05. The minimum absolute atomic E-state index is 0.0644. The van der Waals surface area contributed by atoms with E-state index in [0.717, 1.165) is 19.3 Å². The zero-order valence-corrected chi connectivity index (χ0v) is 11.9. The van der Waals surface area contributed by atoms with E-state index in [1.165, 1.54) is 0 Å². The highest BCUT2D eigenvalue weighted by Gasteiger charge is 2.20. The standard InChI is InChI=1S/C13H18O7/c1-13(2,3)7-11(16)20-12(17)8-19-10(15)6-5-9(14)18-4/h5-6H,7-8H2,1-4H3/b6-5+. The molecule has 7 nitrogen and oxygen atoms in total. The summed E-state index contributed by atoms with van der Waals surface area (Å²) in [5.41, 5.74) is -0.308. The molecule has 0 rings (SSSR count). The lowest BCUT2D eigenvalue weighted by atomic mass is 9.92. The molecule has 0 saturated heterocycles. The van der Waals surface area contributed by atoms with Gasteiger partial charge >= 0.3 is 23.9 Å². The Morgan fingerprint density at radius 3 is 2.00 bits per heavy atom. The van der Waals surface area contributed by atoms with Gasteiger partial charge in [0.15, 0.2) is 6.61 Å². The highest BCUT2D eigenvalue weighted by Crippen LogP contribution is 2.18. The van der Waals surface area contributed by atoms with Crippen molar-refractivity contribution in [3.8, 4) is 0 Å². The molecule has 0 bridgehead atoms. The van der Waals surface area contributed by atoms with E-state index in [2.05, 4.69) is 14.2 Å². The summed E-state index contributed by atoms with van der Waals surface area (Å²) >= 11 is 0. The Hall–Kier alpha value is -2.18. The summed E-state index contributed by atoms with van der Waals surface area (Å²) in [6.07, 6.45) is 1.71. The quantitative estimate of drug-likeness (QED) is 0.318. The first-order chi connectivity index (χ1) is 9.14. The van der Waals surface area contributed by atoms with E-state index >= 15 is 0 Å². The fraction of sp³-hybridized carbons (Fsp3) is 0.538. The molecule has 0 unspecified atom stereocenters. The number of esters is 4. The number of carbonyl (C=O) groups excluding carboxylic acids is 4. The molecular weight excluding hydrogens is 268 g/mol. The molecule has 0 heterocycles. The topological polar surface area (TPSA) is 96.0 Å². The Kier molecular flexibility index (Phi) is 7.20. The minimum atomic E-state index is -0.973. The number of hydrogen-bond acceptors (Lipinski definition) is 7.